The van der Waals surface area contributed by atoms with Crippen LogP contribution in [0.1, 0.15) is 24.2 Å². The third-order valence-electron chi connectivity index (χ3n) is 4.34. The lowest BCUT2D eigenvalue weighted by atomic mass is 10.1. The largest absolute Gasteiger partial charge is 0.497 e. The summed E-state index contributed by atoms with van der Waals surface area (Å²) in [5.41, 5.74) is 3.11. The van der Waals surface area contributed by atoms with Crippen molar-refractivity contribution in [2.24, 2.45) is 0 Å². The minimum atomic E-state index is -0.0521. The molecule has 0 spiro atoms. The van der Waals surface area contributed by atoms with E-state index in [0.29, 0.717) is 6.61 Å². The van der Waals surface area contributed by atoms with E-state index < -0.39 is 0 Å². The topological polar surface area (TPSA) is 50.8 Å². The normalized spacial score (nSPS) is 17.9. The third-order valence-corrected chi connectivity index (χ3v) is 4.34. The quantitative estimate of drug-likeness (QED) is 0.908. The SMILES string of the molecule is COc1cccc(C2CN(Cc3ccccc3NC(C)=O)CCO2)c1. The van der Waals surface area contributed by atoms with Crippen molar-refractivity contribution in [3.05, 3.63) is 59.7 Å². The first-order valence-corrected chi connectivity index (χ1v) is 8.49. The Labute approximate surface area is 148 Å². The highest BCUT2D eigenvalue weighted by molar-refractivity contribution is 5.89. The van der Waals surface area contributed by atoms with Crippen LogP contribution in [0.25, 0.3) is 0 Å². The van der Waals surface area contributed by atoms with Crippen molar-refractivity contribution in [2.75, 3.05) is 32.1 Å². The smallest absolute Gasteiger partial charge is 0.221 e. The summed E-state index contributed by atoms with van der Waals surface area (Å²) in [4.78, 5) is 13.8. The molecule has 1 heterocycles. The van der Waals surface area contributed by atoms with Gasteiger partial charge in [0.25, 0.3) is 0 Å². The van der Waals surface area contributed by atoms with E-state index in [0.717, 1.165) is 42.2 Å². The van der Waals surface area contributed by atoms with E-state index in [1.54, 1.807) is 7.11 Å². The predicted molar refractivity (Wildman–Crippen MR) is 97.7 cm³/mol. The van der Waals surface area contributed by atoms with Gasteiger partial charge in [0.15, 0.2) is 0 Å². The second kappa shape index (κ2) is 8.14. The van der Waals surface area contributed by atoms with Crippen LogP contribution in [0, 0.1) is 0 Å². The number of morpholine rings is 1. The summed E-state index contributed by atoms with van der Waals surface area (Å²) in [7, 11) is 1.67. The molecular formula is C20H24N2O3. The maximum atomic E-state index is 11.4. The van der Waals surface area contributed by atoms with Crippen molar-refractivity contribution in [3.8, 4) is 5.75 Å². The number of nitrogens with zero attached hydrogens (tertiary/aromatic N) is 1. The number of hydrogen-bond donors (Lipinski definition) is 1. The second-order valence-electron chi connectivity index (χ2n) is 6.21. The summed E-state index contributed by atoms with van der Waals surface area (Å²) in [6, 6.07) is 16.0. The van der Waals surface area contributed by atoms with E-state index in [2.05, 4.69) is 22.3 Å². The van der Waals surface area contributed by atoms with Gasteiger partial charge in [0.05, 0.1) is 19.8 Å². The van der Waals surface area contributed by atoms with E-state index in [1.165, 1.54) is 6.92 Å². The van der Waals surface area contributed by atoms with Crippen LogP contribution in [0.3, 0.4) is 0 Å². The second-order valence-corrected chi connectivity index (χ2v) is 6.21. The molecule has 5 nitrogen and oxygen atoms in total. The lowest BCUT2D eigenvalue weighted by Crippen LogP contribution is -2.38. The molecule has 1 N–H and O–H groups in total. The number of hydrogen-bond acceptors (Lipinski definition) is 4. The Morgan fingerprint density at radius 2 is 2.12 bits per heavy atom. The highest BCUT2D eigenvalue weighted by atomic mass is 16.5. The van der Waals surface area contributed by atoms with Gasteiger partial charge in [-0.25, -0.2) is 0 Å². The molecule has 0 radical (unpaired) electrons. The van der Waals surface area contributed by atoms with Gasteiger partial charge in [-0.1, -0.05) is 30.3 Å². The number of para-hydroxylation sites is 1. The Hall–Kier alpha value is -2.37. The monoisotopic (exact) mass is 340 g/mol. The zero-order valence-electron chi connectivity index (χ0n) is 14.7. The van der Waals surface area contributed by atoms with E-state index in [-0.39, 0.29) is 12.0 Å². The Balaban J connectivity index is 1.71. The number of methoxy groups -OCH3 is 1. The number of ether oxygens (including phenoxy) is 2. The Morgan fingerprint density at radius 1 is 1.28 bits per heavy atom. The van der Waals surface area contributed by atoms with Crippen LogP contribution in [0.2, 0.25) is 0 Å². The van der Waals surface area contributed by atoms with E-state index in [9.17, 15) is 4.79 Å². The highest BCUT2D eigenvalue weighted by Gasteiger charge is 2.23. The lowest BCUT2D eigenvalue weighted by Gasteiger charge is -2.33. The molecule has 1 aliphatic rings. The first-order valence-electron chi connectivity index (χ1n) is 8.49. The molecule has 0 aliphatic carbocycles. The van der Waals surface area contributed by atoms with Gasteiger partial charge in [0, 0.05) is 32.2 Å². The molecule has 1 saturated heterocycles. The van der Waals surface area contributed by atoms with Gasteiger partial charge in [0.1, 0.15) is 5.75 Å². The van der Waals surface area contributed by atoms with Crippen LogP contribution >= 0.6 is 0 Å². The average molecular weight is 340 g/mol. The van der Waals surface area contributed by atoms with Crippen molar-refractivity contribution >= 4 is 11.6 Å². The Bertz CT molecular complexity index is 732. The minimum Gasteiger partial charge on any atom is -0.497 e. The molecule has 5 heteroatoms. The first-order chi connectivity index (χ1) is 12.2. The van der Waals surface area contributed by atoms with Crippen LogP contribution in [0.15, 0.2) is 48.5 Å². The predicted octanol–water partition coefficient (Wildman–Crippen LogP) is 3.23. The number of anilines is 1. The number of rotatable bonds is 5. The summed E-state index contributed by atoms with van der Waals surface area (Å²) >= 11 is 0. The number of benzene rings is 2. The van der Waals surface area contributed by atoms with Crippen molar-refractivity contribution in [1.29, 1.82) is 0 Å². The molecule has 25 heavy (non-hydrogen) atoms. The summed E-state index contributed by atoms with van der Waals surface area (Å²) in [5.74, 6) is 0.790. The molecule has 0 bridgehead atoms. The molecule has 2 aromatic rings. The van der Waals surface area contributed by atoms with Crippen LogP contribution < -0.4 is 10.1 Å². The molecule has 1 fully saturated rings. The summed E-state index contributed by atoms with van der Waals surface area (Å²) in [6.45, 7) is 4.67. The highest BCUT2D eigenvalue weighted by Crippen LogP contribution is 2.27. The van der Waals surface area contributed by atoms with Gasteiger partial charge < -0.3 is 14.8 Å². The molecule has 0 aromatic heterocycles. The van der Waals surface area contributed by atoms with E-state index in [4.69, 9.17) is 9.47 Å². The molecule has 1 unspecified atom stereocenters. The summed E-state index contributed by atoms with van der Waals surface area (Å²) in [5, 5.41) is 2.91. The fourth-order valence-corrected chi connectivity index (χ4v) is 3.10. The number of amides is 1. The summed E-state index contributed by atoms with van der Waals surface area (Å²) < 4.78 is 11.3. The lowest BCUT2D eigenvalue weighted by molar-refractivity contribution is -0.114. The Morgan fingerprint density at radius 3 is 2.92 bits per heavy atom. The third kappa shape index (κ3) is 4.59. The van der Waals surface area contributed by atoms with E-state index in [1.807, 2.05) is 36.4 Å². The van der Waals surface area contributed by atoms with Gasteiger partial charge in [-0.15, -0.1) is 0 Å². The van der Waals surface area contributed by atoms with Crippen molar-refractivity contribution in [3.63, 3.8) is 0 Å². The van der Waals surface area contributed by atoms with Crippen molar-refractivity contribution in [1.82, 2.24) is 4.90 Å². The zero-order chi connectivity index (χ0) is 17.6. The average Bonchev–Trinajstić information content (AvgIpc) is 2.63. The molecule has 1 atom stereocenters. The van der Waals surface area contributed by atoms with Crippen LogP contribution in [-0.4, -0.2) is 37.6 Å². The van der Waals surface area contributed by atoms with E-state index >= 15 is 0 Å². The molecule has 2 aromatic carbocycles. The fraction of sp³-hybridized carbons (Fsp3) is 0.350. The number of carbonyl (C=O) groups is 1. The number of nitrogens with one attached hydrogen (secondary N) is 1. The Kier molecular flexibility index (Phi) is 5.68. The van der Waals surface area contributed by atoms with Gasteiger partial charge in [0.2, 0.25) is 5.91 Å². The maximum Gasteiger partial charge on any atom is 0.221 e. The summed E-state index contributed by atoms with van der Waals surface area (Å²) in [6.07, 6.45) is 0.0248. The molecule has 1 amide bonds. The van der Waals surface area contributed by atoms with Gasteiger partial charge in [-0.2, -0.15) is 0 Å². The van der Waals surface area contributed by atoms with Crippen LogP contribution in [0.4, 0.5) is 5.69 Å². The first kappa shape index (κ1) is 17.5. The minimum absolute atomic E-state index is 0.0248. The maximum absolute atomic E-state index is 11.4. The molecule has 3 rings (SSSR count). The van der Waals surface area contributed by atoms with Gasteiger partial charge in [-0.05, 0) is 29.3 Å². The van der Waals surface area contributed by atoms with Crippen molar-refractivity contribution in [2.45, 2.75) is 19.6 Å². The number of carbonyl (C=O) groups excluding carboxylic acids is 1. The van der Waals surface area contributed by atoms with Crippen LogP contribution in [-0.2, 0) is 16.1 Å². The molecule has 0 saturated carbocycles. The van der Waals surface area contributed by atoms with Crippen LogP contribution in [0.5, 0.6) is 5.75 Å². The van der Waals surface area contributed by atoms with Gasteiger partial charge in [-0.3, -0.25) is 9.69 Å². The molecule has 132 valence electrons. The molecular weight excluding hydrogens is 316 g/mol. The van der Waals surface area contributed by atoms with Gasteiger partial charge >= 0.3 is 0 Å². The standard InChI is InChI=1S/C20H24N2O3/c1-15(23)21-19-9-4-3-6-17(19)13-22-10-11-25-20(14-22)16-7-5-8-18(12-16)24-2/h3-9,12,20H,10-11,13-14H2,1-2H3,(H,21,23). The van der Waals surface area contributed by atoms with Crippen molar-refractivity contribution < 1.29 is 14.3 Å². The zero-order valence-corrected chi connectivity index (χ0v) is 14.7. The fourth-order valence-electron chi connectivity index (χ4n) is 3.10. The molecule has 1 aliphatic heterocycles.